The van der Waals surface area contributed by atoms with Gasteiger partial charge in [0, 0.05) is 20.7 Å². The number of hydrogen-bond acceptors (Lipinski definition) is 3. The number of carbonyl (C=O) groups is 1. The lowest BCUT2D eigenvalue weighted by molar-refractivity contribution is 0.101. The summed E-state index contributed by atoms with van der Waals surface area (Å²) in [7, 11) is 0. The molecule has 150 valence electrons. The van der Waals surface area contributed by atoms with Gasteiger partial charge in [0.1, 0.15) is 0 Å². The van der Waals surface area contributed by atoms with Crippen LogP contribution in [0.15, 0.2) is 71.2 Å². The molecule has 1 amide bonds. The molecule has 4 rings (SSSR count). The van der Waals surface area contributed by atoms with Gasteiger partial charge in [0.25, 0.3) is 5.91 Å². The number of aromatic nitrogens is 3. The van der Waals surface area contributed by atoms with E-state index in [0.717, 1.165) is 26.9 Å². The summed E-state index contributed by atoms with van der Waals surface area (Å²) >= 11 is 9.52. The molecule has 0 aliphatic carbocycles. The standard InChI is InChI=1S/C23H18BrClN4O/c1-14-3-11-19(12-4-14)29-22(16-6-8-17(24)9-7-16)27-21(28-29)23(30)26-20-13-18(25)10-5-15(20)2/h3-13H,1-2H3,(H,26,30). The highest BCUT2D eigenvalue weighted by Gasteiger charge is 2.19. The quantitative estimate of drug-likeness (QED) is 0.376. The SMILES string of the molecule is Cc1ccc(-n2nc(C(=O)Nc3cc(Cl)ccc3C)nc2-c2ccc(Br)cc2)cc1. The molecule has 1 heterocycles. The van der Waals surface area contributed by atoms with Crippen LogP contribution in [0.25, 0.3) is 17.1 Å². The van der Waals surface area contributed by atoms with Gasteiger partial charge in [-0.3, -0.25) is 4.79 Å². The Kier molecular flexibility index (Phi) is 5.70. The number of nitrogens with zero attached hydrogens (tertiary/aromatic N) is 3. The molecule has 0 fully saturated rings. The fourth-order valence-corrected chi connectivity index (χ4v) is 3.40. The molecule has 0 saturated carbocycles. The minimum Gasteiger partial charge on any atom is -0.319 e. The van der Waals surface area contributed by atoms with Crippen LogP contribution in [0.4, 0.5) is 5.69 Å². The zero-order valence-electron chi connectivity index (χ0n) is 16.4. The topological polar surface area (TPSA) is 59.8 Å². The van der Waals surface area contributed by atoms with Gasteiger partial charge in [-0.05, 0) is 55.8 Å². The monoisotopic (exact) mass is 480 g/mol. The Morgan fingerprint density at radius 1 is 1.00 bits per heavy atom. The van der Waals surface area contributed by atoms with Crippen LogP contribution < -0.4 is 5.32 Å². The smallest absolute Gasteiger partial charge is 0.295 e. The Hall–Kier alpha value is -2.96. The largest absolute Gasteiger partial charge is 0.319 e. The fourth-order valence-electron chi connectivity index (χ4n) is 2.97. The summed E-state index contributed by atoms with van der Waals surface area (Å²) in [6.45, 7) is 3.92. The summed E-state index contributed by atoms with van der Waals surface area (Å²) in [5.74, 6) is 0.261. The molecular formula is C23H18BrClN4O. The Morgan fingerprint density at radius 3 is 2.40 bits per heavy atom. The molecule has 7 heteroatoms. The van der Waals surface area contributed by atoms with Crippen molar-refractivity contribution in [2.24, 2.45) is 0 Å². The number of rotatable bonds is 4. The number of carbonyl (C=O) groups excluding carboxylic acids is 1. The summed E-state index contributed by atoms with van der Waals surface area (Å²) in [6, 6.07) is 21.0. The van der Waals surface area contributed by atoms with E-state index in [4.69, 9.17) is 11.6 Å². The fraction of sp³-hybridized carbons (Fsp3) is 0.0870. The third-order valence-electron chi connectivity index (χ3n) is 4.64. The molecule has 0 radical (unpaired) electrons. The maximum atomic E-state index is 12.9. The molecule has 0 aliphatic rings. The first-order chi connectivity index (χ1) is 14.4. The van der Waals surface area contributed by atoms with Crippen molar-refractivity contribution in [3.05, 3.63) is 93.2 Å². The zero-order valence-corrected chi connectivity index (χ0v) is 18.7. The van der Waals surface area contributed by atoms with E-state index < -0.39 is 5.91 Å². The molecule has 0 aliphatic heterocycles. The van der Waals surface area contributed by atoms with Gasteiger partial charge in [0.2, 0.25) is 5.82 Å². The van der Waals surface area contributed by atoms with Gasteiger partial charge in [-0.2, -0.15) is 0 Å². The Bertz CT molecular complexity index is 1150. The van der Waals surface area contributed by atoms with Gasteiger partial charge in [-0.1, -0.05) is 63.4 Å². The summed E-state index contributed by atoms with van der Waals surface area (Å²) < 4.78 is 2.64. The first-order valence-corrected chi connectivity index (χ1v) is 10.5. The van der Waals surface area contributed by atoms with E-state index in [1.165, 1.54) is 0 Å². The van der Waals surface area contributed by atoms with Gasteiger partial charge >= 0.3 is 0 Å². The van der Waals surface area contributed by atoms with E-state index >= 15 is 0 Å². The van der Waals surface area contributed by atoms with E-state index in [0.29, 0.717) is 16.5 Å². The second kappa shape index (κ2) is 8.42. The van der Waals surface area contributed by atoms with Crippen molar-refractivity contribution in [2.45, 2.75) is 13.8 Å². The van der Waals surface area contributed by atoms with E-state index in [2.05, 4.69) is 31.3 Å². The second-order valence-electron chi connectivity index (χ2n) is 6.93. The van der Waals surface area contributed by atoms with Crippen LogP contribution in [-0.4, -0.2) is 20.7 Å². The number of anilines is 1. The summed E-state index contributed by atoms with van der Waals surface area (Å²) in [4.78, 5) is 17.5. The number of aryl methyl sites for hydroxylation is 2. The molecule has 30 heavy (non-hydrogen) atoms. The number of nitrogens with one attached hydrogen (secondary N) is 1. The maximum absolute atomic E-state index is 12.9. The van der Waals surface area contributed by atoms with Gasteiger partial charge in [-0.25, -0.2) is 9.67 Å². The van der Waals surface area contributed by atoms with E-state index in [1.54, 1.807) is 16.8 Å². The number of hydrogen-bond donors (Lipinski definition) is 1. The number of halogens is 2. The van der Waals surface area contributed by atoms with Crippen LogP contribution in [-0.2, 0) is 0 Å². The Labute approximate surface area is 187 Å². The van der Waals surface area contributed by atoms with Crippen molar-refractivity contribution < 1.29 is 4.79 Å². The molecule has 0 atom stereocenters. The highest BCUT2D eigenvalue weighted by atomic mass is 79.9. The molecule has 0 spiro atoms. The van der Waals surface area contributed by atoms with Gasteiger partial charge in [0.05, 0.1) is 5.69 Å². The highest BCUT2D eigenvalue weighted by molar-refractivity contribution is 9.10. The second-order valence-corrected chi connectivity index (χ2v) is 8.28. The van der Waals surface area contributed by atoms with Crippen LogP contribution in [0.2, 0.25) is 5.02 Å². The minimum atomic E-state index is -0.399. The number of amides is 1. The molecule has 0 saturated heterocycles. The highest BCUT2D eigenvalue weighted by Crippen LogP contribution is 2.25. The molecule has 0 bridgehead atoms. The summed E-state index contributed by atoms with van der Waals surface area (Å²) in [6.07, 6.45) is 0. The summed E-state index contributed by atoms with van der Waals surface area (Å²) in [5, 5.41) is 7.91. The summed E-state index contributed by atoms with van der Waals surface area (Å²) in [5.41, 5.74) is 4.34. The van der Waals surface area contributed by atoms with Gasteiger partial charge in [-0.15, -0.1) is 5.10 Å². The third kappa shape index (κ3) is 4.30. The minimum absolute atomic E-state index is 0.0767. The maximum Gasteiger partial charge on any atom is 0.295 e. The van der Waals surface area contributed by atoms with Crippen LogP contribution in [0, 0.1) is 13.8 Å². The van der Waals surface area contributed by atoms with E-state index in [1.807, 2.05) is 68.4 Å². The van der Waals surface area contributed by atoms with Crippen LogP contribution in [0.1, 0.15) is 21.7 Å². The van der Waals surface area contributed by atoms with Crippen LogP contribution >= 0.6 is 27.5 Å². The van der Waals surface area contributed by atoms with Crippen molar-refractivity contribution in [3.8, 4) is 17.1 Å². The van der Waals surface area contributed by atoms with Crippen molar-refractivity contribution in [3.63, 3.8) is 0 Å². The van der Waals surface area contributed by atoms with Crippen molar-refractivity contribution in [1.82, 2.24) is 14.8 Å². The van der Waals surface area contributed by atoms with Crippen molar-refractivity contribution in [2.75, 3.05) is 5.32 Å². The zero-order chi connectivity index (χ0) is 21.3. The third-order valence-corrected chi connectivity index (χ3v) is 5.40. The lowest BCUT2D eigenvalue weighted by Gasteiger charge is -2.07. The number of benzene rings is 3. The average Bonchev–Trinajstić information content (AvgIpc) is 3.17. The lowest BCUT2D eigenvalue weighted by atomic mass is 10.2. The van der Waals surface area contributed by atoms with Crippen LogP contribution in [0.5, 0.6) is 0 Å². The Morgan fingerprint density at radius 2 is 1.70 bits per heavy atom. The molecule has 1 aromatic heterocycles. The molecule has 0 unspecified atom stereocenters. The normalized spacial score (nSPS) is 10.8. The molecule has 5 nitrogen and oxygen atoms in total. The molecule has 3 aromatic carbocycles. The van der Waals surface area contributed by atoms with E-state index in [-0.39, 0.29) is 5.82 Å². The van der Waals surface area contributed by atoms with Gasteiger partial charge < -0.3 is 5.32 Å². The van der Waals surface area contributed by atoms with Gasteiger partial charge in [0.15, 0.2) is 5.82 Å². The lowest BCUT2D eigenvalue weighted by Crippen LogP contribution is -2.15. The molecule has 1 N–H and O–H groups in total. The molecular weight excluding hydrogens is 464 g/mol. The first kappa shape index (κ1) is 20.3. The molecule has 4 aromatic rings. The van der Waals surface area contributed by atoms with E-state index in [9.17, 15) is 4.79 Å². The predicted octanol–water partition coefficient (Wildman–Crippen LogP) is 6.22. The predicted molar refractivity (Wildman–Crippen MR) is 123 cm³/mol. The van der Waals surface area contributed by atoms with Crippen molar-refractivity contribution in [1.29, 1.82) is 0 Å². The van der Waals surface area contributed by atoms with Crippen molar-refractivity contribution >= 4 is 39.1 Å². The first-order valence-electron chi connectivity index (χ1n) is 9.28. The Balaban J connectivity index is 1.76. The average molecular weight is 482 g/mol. The van der Waals surface area contributed by atoms with Crippen LogP contribution in [0.3, 0.4) is 0 Å².